The van der Waals surface area contributed by atoms with Gasteiger partial charge in [-0.3, -0.25) is 4.79 Å². The highest BCUT2D eigenvalue weighted by atomic mass is 16.5. The number of methoxy groups -OCH3 is 2. The molecule has 0 fully saturated rings. The van der Waals surface area contributed by atoms with E-state index >= 15 is 0 Å². The van der Waals surface area contributed by atoms with Gasteiger partial charge in [0.1, 0.15) is 0 Å². The predicted octanol–water partition coefficient (Wildman–Crippen LogP) is 1.74. The van der Waals surface area contributed by atoms with Crippen molar-refractivity contribution in [1.29, 1.82) is 0 Å². The van der Waals surface area contributed by atoms with Gasteiger partial charge in [-0.05, 0) is 12.1 Å². The van der Waals surface area contributed by atoms with Crippen LogP contribution in [-0.4, -0.2) is 35.3 Å². The van der Waals surface area contributed by atoms with Crippen molar-refractivity contribution in [2.45, 2.75) is 6.92 Å². The van der Waals surface area contributed by atoms with E-state index in [1.807, 2.05) is 24.3 Å². The van der Waals surface area contributed by atoms with Gasteiger partial charge in [-0.1, -0.05) is 12.1 Å². The minimum absolute atomic E-state index is 0.320. The SMILES string of the molecule is CC(=O)O.COc1nc(OC)c2ccccc2n1. The Morgan fingerprint density at radius 1 is 1.17 bits per heavy atom. The minimum Gasteiger partial charge on any atom is -0.481 e. The summed E-state index contributed by atoms with van der Waals surface area (Å²) in [5.74, 6) is -0.299. The van der Waals surface area contributed by atoms with E-state index in [9.17, 15) is 0 Å². The number of carboxylic acid groups (broad SMARTS) is 1. The van der Waals surface area contributed by atoms with Crippen LogP contribution in [0.25, 0.3) is 10.9 Å². The molecule has 0 unspecified atom stereocenters. The summed E-state index contributed by atoms with van der Waals surface area (Å²) in [5.41, 5.74) is 0.816. The van der Waals surface area contributed by atoms with Gasteiger partial charge in [0.25, 0.3) is 5.97 Å². The number of fused-ring (bicyclic) bond motifs is 1. The van der Waals surface area contributed by atoms with Crippen LogP contribution in [-0.2, 0) is 4.79 Å². The first-order valence-corrected chi connectivity index (χ1v) is 5.12. The van der Waals surface area contributed by atoms with E-state index in [-0.39, 0.29) is 0 Å². The fourth-order valence-electron chi connectivity index (χ4n) is 1.27. The third-order valence-corrected chi connectivity index (χ3v) is 1.92. The maximum Gasteiger partial charge on any atom is 0.320 e. The number of hydrogen-bond donors (Lipinski definition) is 1. The van der Waals surface area contributed by atoms with Gasteiger partial charge in [0.05, 0.1) is 25.1 Å². The summed E-state index contributed by atoms with van der Waals surface area (Å²) in [4.78, 5) is 17.3. The molecule has 18 heavy (non-hydrogen) atoms. The lowest BCUT2D eigenvalue weighted by Crippen LogP contribution is -1.96. The smallest absolute Gasteiger partial charge is 0.320 e. The minimum atomic E-state index is -0.833. The molecule has 0 saturated heterocycles. The van der Waals surface area contributed by atoms with Gasteiger partial charge in [-0.15, -0.1) is 0 Å². The van der Waals surface area contributed by atoms with E-state index in [1.165, 1.54) is 7.11 Å². The first-order chi connectivity index (χ1) is 8.58. The van der Waals surface area contributed by atoms with E-state index < -0.39 is 5.97 Å². The highest BCUT2D eigenvalue weighted by molar-refractivity contribution is 5.83. The monoisotopic (exact) mass is 250 g/mol. The second-order valence-corrected chi connectivity index (χ2v) is 3.26. The Kier molecular flexibility index (Phi) is 4.86. The molecule has 2 rings (SSSR count). The van der Waals surface area contributed by atoms with Crippen molar-refractivity contribution >= 4 is 16.9 Å². The fraction of sp³-hybridized carbons (Fsp3) is 0.250. The molecule has 0 atom stereocenters. The molecule has 0 aliphatic carbocycles. The highest BCUT2D eigenvalue weighted by Crippen LogP contribution is 2.23. The van der Waals surface area contributed by atoms with Gasteiger partial charge < -0.3 is 14.6 Å². The molecule has 0 radical (unpaired) electrons. The topological polar surface area (TPSA) is 81.5 Å². The third-order valence-electron chi connectivity index (χ3n) is 1.92. The zero-order chi connectivity index (χ0) is 13.5. The molecule has 0 saturated carbocycles. The van der Waals surface area contributed by atoms with Gasteiger partial charge in [-0.25, -0.2) is 0 Å². The number of para-hydroxylation sites is 1. The van der Waals surface area contributed by atoms with Gasteiger partial charge in [0.15, 0.2) is 0 Å². The van der Waals surface area contributed by atoms with Crippen LogP contribution in [0.2, 0.25) is 0 Å². The van der Waals surface area contributed by atoms with Crippen LogP contribution in [0.15, 0.2) is 24.3 Å². The molecule has 0 aliphatic rings. The predicted molar refractivity (Wildman–Crippen MR) is 66.0 cm³/mol. The molecule has 96 valence electrons. The summed E-state index contributed by atoms with van der Waals surface area (Å²) in [6, 6.07) is 7.95. The Morgan fingerprint density at radius 3 is 2.33 bits per heavy atom. The van der Waals surface area contributed by atoms with Gasteiger partial charge >= 0.3 is 6.01 Å². The van der Waals surface area contributed by atoms with E-state index in [0.717, 1.165) is 17.8 Å². The average molecular weight is 250 g/mol. The van der Waals surface area contributed by atoms with Crippen LogP contribution in [0, 0.1) is 0 Å². The maximum absolute atomic E-state index is 9.00. The average Bonchev–Trinajstić information content (AvgIpc) is 2.36. The molecule has 1 heterocycles. The van der Waals surface area contributed by atoms with E-state index in [4.69, 9.17) is 19.4 Å². The largest absolute Gasteiger partial charge is 0.481 e. The molecule has 6 heteroatoms. The molecular weight excluding hydrogens is 236 g/mol. The quantitative estimate of drug-likeness (QED) is 0.874. The lowest BCUT2D eigenvalue weighted by Gasteiger charge is -2.05. The number of carboxylic acids is 1. The van der Waals surface area contributed by atoms with Crippen molar-refractivity contribution in [2.75, 3.05) is 14.2 Å². The van der Waals surface area contributed by atoms with Crippen LogP contribution in [0.5, 0.6) is 11.9 Å². The lowest BCUT2D eigenvalue weighted by atomic mass is 10.2. The van der Waals surface area contributed by atoms with Crippen LogP contribution in [0.4, 0.5) is 0 Å². The molecule has 0 aliphatic heterocycles. The van der Waals surface area contributed by atoms with Crippen molar-refractivity contribution in [2.24, 2.45) is 0 Å². The summed E-state index contributed by atoms with van der Waals surface area (Å²) < 4.78 is 10.1. The Morgan fingerprint density at radius 2 is 1.78 bits per heavy atom. The molecule has 0 spiro atoms. The van der Waals surface area contributed by atoms with Gasteiger partial charge in [-0.2, -0.15) is 9.97 Å². The van der Waals surface area contributed by atoms with Crippen LogP contribution >= 0.6 is 0 Å². The number of hydrogen-bond acceptors (Lipinski definition) is 5. The highest BCUT2D eigenvalue weighted by Gasteiger charge is 2.06. The number of aliphatic carboxylic acids is 1. The zero-order valence-electron chi connectivity index (χ0n) is 10.4. The van der Waals surface area contributed by atoms with Crippen LogP contribution < -0.4 is 9.47 Å². The molecule has 1 aromatic heterocycles. The van der Waals surface area contributed by atoms with Crippen molar-refractivity contribution in [3.8, 4) is 11.9 Å². The van der Waals surface area contributed by atoms with E-state index in [0.29, 0.717) is 11.9 Å². The summed E-state index contributed by atoms with van der Waals surface area (Å²) in [5, 5.41) is 8.30. The number of benzene rings is 1. The number of ether oxygens (including phenoxy) is 2. The summed E-state index contributed by atoms with van der Waals surface area (Å²) in [6.07, 6.45) is 0. The van der Waals surface area contributed by atoms with Crippen LogP contribution in [0.1, 0.15) is 6.92 Å². The molecule has 0 bridgehead atoms. The Bertz CT molecular complexity index is 539. The van der Waals surface area contributed by atoms with Gasteiger partial charge in [0, 0.05) is 6.92 Å². The maximum atomic E-state index is 9.00. The normalized spacial score (nSPS) is 9.28. The summed E-state index contributed by atoms with van der Waals surface area (Å²) in [6.45, 7) is 1.08. The molecule has 6 nitrogen and oxygen atoms in total. The lowest BCUT2D eigenvalue weighted by molar-refractivity contribution is -0.134. The summed E-state index contributed by atoms with van der Waals surface area (Å²) >= 11 is 0. The van der Waals surface area contributed by atoms with Crippen molar-refractivity contribution in [3.63, 3.8) is 0 Å². The first kappa shape index (κ1) is 13.7. The van der Waals surface area contributed by atoms with Crippen LogP contribution in [0.3, 0.4) is 0 Å². The second kappa shape index (κ2) is 6.39. The Labute approximate surface area is 104 Å². The molecular formula is C12H14N2O4. The number of carbonyl (C=O) groups is 1. The molecule has 0 amide bonds. The number of nitrogens with zero attached hydrogens (tertiary/aromatic N) is 2. The first-order valence-electron chi connectivity index (χ1n) is 5.12. The zero-order valence-corrected chi connectivity index (χ0v) is 10.4. The van der Waals surface area contributed by atoms with Crippen molar-refractivity contribution in [1.82, 2.24) is 9.97 Å². The number of rotatable bonds is 2. The standard InChI is InChI=1S/C10H10N2O2.C2H4O2/c1-13-9-7-5-3-4-6-8(7)11-10(12-9)14-2;1-2(3)4/h3-6H,1-2H3;1H3,(H,3,4). The van der Waals surface area contributed by atoms with Gasteiger partial charge in [0.2, 0.25) is 5.88 Å². The second-order valence-electron chi connectivity index (χ2n) is 3.26. The third kappa shape index (κ3) is 3.58. The van der Waals surface area contributed by atoms with E-state index in [2.05, 4.69) is 9.97 Å². The van der Waals surface area contributed by atoms with E-state index in [1.54, 1.807) is 7.11 Å². The fourth-order valence-corrected chi connectivity index (χ4v) is 1.27. The Hall–Kier alpha value is -2.37. The molecule has 1 aromatic carbocycles. The van der Waals surface area contributed by atoms with Crippen molar-refractivity contribution in [3.05, 3.63) is 24.3 Å². The Balaban J connectivity index is 0.000000357. The molecule has 2 aromatic rings. The summed E-state index contributed by atoms with van der Waals surface area (Å²) in [7, 11) is 3.11. The van der Waals surface area contributed by atoms with Crippen molar-refractivity contribution < 1.29 is 19.4 Å². The number of aromatic nitrogens is 2. The molecule has 1 N–H and O–H groups in total.